The molecule has 1 aliphatic rings. The Morgan fingerprint density at radius 3 is 2.68 bits per heavy atom. The van der Waals surface area contributed by atoms with E-state index in [1.165, 1.54) is 10.4 Å². The van der Waals surface area contributed by atoms with Crippen LogP contribution in [0.25, 0.3) is 0 Å². The van der Waals surface area contributed by atoms with Crippen molar-refractivity contribution in [3.63, 3.8) is 0 Å². The van der Waals surface area contributed by atoms with Crippen molar-refractivity contribution in [2.45, 2.75) is 24.1 Å². The second-order valence-electron chi connectivity index (χ2n) is 5.24. The summed E-state index contributed by atoms with van der Waals surface area (Å²) >= 11 is 6.08. The van der Waals surface area contributed by atoms with Crippen molar-refractivity contribution in [3.8, 4) is 0 Å². The zero-order valence-corrected chi connectivity index (χ0v) is 13.7. The van der Waals surface area contributed by atoms with Gasteiger partial charge in [0.1, 0.15) is 4.90 Å². The molecule has 0 spiro atoms. The summed E-state index contributed by atoms with van der Waals surface area (Å²) in [6, 6.07) is 10.3. The lowest BCUT2D eigenvalue weighted by molar-refractivity contribution is 0.0770. The zero-order chi connectivity index (χ0) is 15.7. The Bertz CT molecular complexity index is 773. The first-order valence-electron chi connectivity index (χ1n) is 6.94. The summed E-state index contributed by atoms with van der Waals surface area (Å²) in [5, 5.41) is 0.232. The van der Waals surface area contributed by atoms with E-state index < -0.39 is 10.0 Å². The highest BCUT2D eigenvalue weighted by Crippen LogP contribution is 2.27. The number of hydrogen-bond donors (Lipinski definition) is 0. The summed E-state index contributed by atoms with van der Waals surface area (Å²) in [6.45, 7) is 1.24. The van der Waals surface area contributed by atoms with E-state index in [1.54, 1.807) is 25.3 Å². The Hall–Kier alpha value is -1.34. The minimum Gasteiger partial charge on any atom is -0.378 e. The van der Waals surface area contributed by atoms with Crippen molar-refractivity contribution in [2.24, 2.45) is 0 Å². The van der Waals surface area contributed by atoms with E-state index in [2.05, 4.69) is 0 Å². The molecule has 0 saturated carbocycles. The van der Waals surface area contributed by atoms with Crippen LogP contribution < -0.4 is 0 Å². The molecule has 0 N–H and O–H groups in total. The number of methoxy groups -OCH3 is 1. The monoisotopic (exact) mass is 340 g/mol. The van der Waals surface area contributed by atoms with Gasteiger partial charge >= 0.3 is 0 Å². The van der Waals surface area contributed by atoms with Crippen LogP contribution in [0.3, 0.4) is 0 Å². The summed E-state index contributed by atoms with van der Waals surface area (Å²) in [4.78, 5) is 0.131. The molecule has 0 amide bonds. The molecule has 1 unspecified atom stereocenters. The van der Waals surface area contributed by atoms with Gasteiger partial charge < -0.3 is 9.30 Å². The second-order valence-corrected chi connectivity index (χ2v) is 7.55. The van der Waals surface area contributed by atoms with Gasteiger partial charge in [-0.15, -0.1) is 0 Å². The third-order valence-electron chi connectivity index (χ3n) is 3.86. The minimum atomic E-state index is -3.67. The van der Waals surface area contributed by atoms with Crippen LogP contribution in [0, 0.1) is 0 Å². The predicted molar refractivity (Wildman–Crippen MR) is 84.3 cm³/mol. The first kappa shape index (κ1) is 15.6. The molecule has 2 heterocycles. The van der Waals surface area contributed by atoms with Gasteiger partial charge in [0, 0.05) is 32.1 Å². The highest BCUT2D eigenvalue weighted by atomic mass is 35.5. The number of fused-ring (bicyclic) bond motifs is 1. The normalized spacial score (nSPS) is 19.6. The highest BCUT2D eigenvalue weighted by Gasteiger charge is 2.32. The van der Waals surface area contributed by atoms with Gasteiger partial charge in [0.05, 0.1) is 17.7 Å². The van der Waals surface area contributed by atoms with Gasteiger partial charge in [-0.25, -0.2) is 8.42 Å². The molecule has 7 heteroatoms. The molecule has 118 valence electrons. The minimum absolute atomic E-state index is 0.131. The number of halogens is 1. The molecule has 0 bridgehead atoms. The molecule has 3 rings (SSSR count). The summed E-state index contributed by atoms with van der Waals surface area (Å²) in [6.07, 6.45) is 1.73. The maximum absolute atomic E-state index is 12.9. The number of hydrogen-bond acceptors (Lipinski definition) is 3. The van der Waals surface area contributed by atoms with E-state index in [1.807, 2.05) is 22.9 Å². The van der Waals surface area contributed by atoms with Crippen LogP contribution in [0.5, 0.6) is 0 Å². The number of nitrogens with zero attached hydrogens (tertiary/aromatic N) is 2. The smallest absolute Gasteiger partial charge is 0.245 e. The maximum atomic E-state index is 12.9. The molecule has 0 fully saturated rings. The molecular weight excluding hydrogens is 324 g/mol. The Kier molecular flexibility index (Phi) is 4.27. The SMILES string of the molecule is COC1CN(S(=O)(=O)c2ccccc2Cl)Cc2cccn2C1. The number of rotatable bonds is 3. The van der Waals surface area contributed by atoms with Gasteiger partial charge in [0.2, 0.25) is 10.0 Å². The predicted octanol–water partition coefficient (Wildman–Crippen LogP) is 2.36. The van der Waals surface area contributed by atoms with Crippen LogP contribution in [-0.2, 0) is 27.8 Å². The van der Waals surface area contributed by atoms with Crippen LogP contribution in [-0.4, -0.2) is 37.0 Å². The van der Waals surface area contributed by atoms with Crippen LogP contribution in [0.1, 0.15) is 5.69 Å². The first-order chi connectivity index (χ1) is 10.5. The molecule has 1 atom stereocenters. The molecule has 2 aromatic rings. The molecule has 1 aliphatic heterocycles. The summed E-state index contributed by atoms with van der Waals surface area (Å²) < 4.78 is 34.7. The quantitative estimate of drug-likeness (QED) is 0.862. The van der Waals surface area contributed by atoms with E-state index >= 15 is 0 Å². The van der Waals surface area contributed by atoms with Gasteiger partial charge in [-0.1, -0.05) is 23.7 Å². The topological polar surface area (TPSA) is 51.5 Å². The van der Waals surface area contributed by atoms with Crippen LogP contribution >= 0.6 is 11.6 Å². The van der Waals surface area contributed by atoms with Crippen LogP contribution in [0.2, 0.25) is 5.02 Å². The number of ether oxygens (including phenoxy) is 1. The van der Waals surface area contributed by atoms with Gasteiger partial charge in [-0.05, 0) is 24.3 Å². The third-order valence-corrected chi connectivity index (χ3v) is 6.17. The summed E-state index contributed by atoms with van der Waals surface area (Å²) in [7, 11) is -2.07. The van der Waals surface area contributed by atoms with E-state index in [0.29, 0.717) is 19.6 Å². The fourth-order valence-corrected chi connectivity index (χ4v) is 4.58. The molecule has 0 saturated heterocycles. The van der Waals surface area contributed by atoms with Crippen molar-refractivity contribution in [1.82, 2.24) is 8.87 Å². The van der Waals surface area contributed by atoms with E-state index in [9.17, 15) is 8.42 Å². The summed E-state index contributed by atoms with van der Waals surface area (Å²) in [5.74, 6) is 0. The fraction of sp³-hybridized carbons (Fsp3) is 0.333. The Morgan fingerprint density at radius 2 is 1.95 bits per heavy atom. The van der Waals surface area contributed by atoms with Gasteiger partial charge in [-0.3, -0.25) is 0 Å². The van der Waals surface area contributed by atoms with Crippen molar-refractivity contribution in [1.29, 1.82) is 0 Å². The van der Waals surface area contributed by atoms with E-state index in [4.69, 9.17) is 16.3 Å². The molecule has 1 aromatic carbocycles. The Balaban J connectivity index is 2.01. The van der Waals surface area contributed by atoms with Crippen LogP contribution in [0.15, 0.2) is 47.5 Å². The Labute approximate surface area is 135 Å². The third kappa shape index (κ3) is 2.79. The average molecular weight is 341 g/mol. The van der Waals surface area contributed by atoms with Crippen molar-refractivity contribution < 1.29 is 13.2 Å². The maximum Gasteiger partial charge on any atom is 0.245 e. The van der Waals surface area contributed by atoms with Gasteiger partial charge in [0.15, 0.2) is 0 Å². The number of benzene rings is 1. The first-order valence-corrected chi connectivity index (χ1v) is 8.75. The van der Waals surface area contributed by atoms with Gasteiger partial charge in [0.25, 0.3) is 0 Å². The molecule has 5 nitrogen and oxygen atoms in total. The van der Waals surface area contributed by atoms with Crippen molar-refractivity contribution in [3.05, 3.63) is 53.3 Å². The second kappa shape index (κ2) is 6.04. The lowest BCUT2D eigenvalue weighted by Gasteiger charge is -2.23. The average Bonchev–Trinajstić information content (AvgIpc) is 2.84. The molecule has 22 heavy (non-hydrogen) atoms. The van der Waals surface area contributed by atoms with E-state index in [-0.39, 0.29) is 16.0 Å². The standard InChI is InChI=1S/C15H17ClN2O3S/c1-21-13-10-17-8-4-5-12(17)9-18(11-13)22(19,20)15-7-3-2-6-14(15)16/h2-8,13H,9-11H2,1H3. The molecular formula is C15H17ClN2O3S. The number of aromatic nitrogens is 1. The molecule has 0 aliphatic carbocycles. The molecule has 0 radical (unpaired) electrons. The Morgan fingerprint density at radius 1 is 1.18 bits per heavy atom. The lowest BCUT2D eigenvalue weighted by atomic mass is 10.3. The lowest BCUT2D eigenvalue weighted by Crippen LogP contribution is -2.37. The zero-order valence-electron chi connectivity index (χ0n) is 12.1. The van der Waals surface area contributed by atoms with Crippen molar-refractivity contribution >= 4 is 21.6 Å². The largest absolute Gasteiger partial charge is 0.378 e. The summed E-state index contributed by atoms with van der Waals surface area (Å²) in [5.41, 5.74) is 0.940. The molecule has 1 aromatic heterocycles. The van der Waals surface area contributed by atoms with Crippen molar-refractivity contribution in [2.75, 3.05) is 13.7 Å². The van der Waals surface area contributed by atoms with Gasteiger partial charge in [-0.2, -0.15) is 4.31 Å². The highest BCUT2D eigenvalue weighted by molar-refractivity contribution is 7.89. The van der Waals surface area contributed by atoms with Crippen LogP contribution in [0.4, 0.5) is 0 Å². The number of sulfonamides is 1. The fourth-order valence-electron chi connectivity index (χ4n) is 2.65. The van der Waals surface area contributed by atoms with E-state index in [0.717, 1.165) is 5.69 Å².